The van der Waals surface area contributed by atoms with Crippen LogP contribution in [0.1, 0.15) is 29.2 Å². The quantitative estimate of drug-likeness (QED) is 0.789. The van der Waals surface area contributed by atoms with Crippen LogP contribution < -0.4 is 9.47 Å². The molecule has 2 aliphatic heterocycles. The summed E-state index contributed by atoms with van der Waals surface area (Å²) in [5.41, 5.74) is 5.53. The van der Waals surface area contributed by atoms with E-state index in [0.29, 0.717) is 6.04 Å². The topological polar surface area (TPSA) is 18.5 Å². The highest BCUT2D eigenvalue weighted by molar-refractivity contribution is 5.69. The van der Waals surface area contributed by atoms with Crippen LogP contribution in [0.4, 0.5) is 0 Å². The maximum absolute atomic E-state index is 5.54. The number of fused-ring (bicyclic) bond motifs is 3. The molecule has 2 heterocycles. The average Bonchev–Trinajstić information content (AvgIpc) is 2.98. The van der Waals surface area contributed by atoms with Crippen LogP contribution in [0, 0.1) is 0 Å². The Morgan fingerprint density at radius 1 is 1.00 bits per heavy atom. The maximum Gasteiger partial charge on any atom is 0.161 e. The predicted octanol–water partition coefficient (Wildman–Crippen LogP) is 4.19. The first-order chi connectivity index (χ1) is 11.7. The molecule has 0 N–H and O–H groups in total. The molecular formula is C21H24NO2+. The second kappa shape index (κ2) is 5.67. The van der Waals surface area contributed by atoms with Crippen LogP contribution in [0.2, 0.25) is 0 Å². The Labute approximate surface area is 143 Å². The molecule has 2 aromatic carbocycles. The van der Waals surface area contributed by atoms with Gasteiger partial charge in [0.2, 0.25) is 0 Å². The second-order valence-electron chi connectivity index (χ2n) is 6.86. The molecule has 3 heteroatoms. The minimum Gasteiger partial charge on any atom is -0.493 e. The van der Waals surface area contributed by atoms with Crippen molar-refractivity contribution in [2.45, 2.75) is 18.9 Å². The van der Waals surface area contributed by atoms with E-state index in [1.54, 1.807) is 14.2 Å². The zero-order valence-corrected chi connectivity index (χ0v) is 14.6. The molecule has 0 saturated heterocycles. The van der Waals surface area contributed by atoms with E-state index in [-0.39, 0.29) is 0 Å². The molecule has 0 amide bonds. The van der Waals surface area contributed by atoms with Crippen LogP contribution in [-0.2, 0) is 6.42 Å². The number of hydrogen-bond donors (Lipinski definition) is 0. The van der Waals surface area contributed by atoms with Gasteiger partial charge in [-0.15, -0.1) is 0 Å². The third-order valence-electron chi connectivity index (χ3n) is 5.69. The zero-order chi connectivity index (χ0) is 16.7. The fourth-order valence-corrected chi connectivity index (χ4v) is 4.35. The highest BCUT2D eigenvalue weighted by Gasteiger charge is 2.45. The SMILES string of the molecule is COc1cc2c(cc1OC)C1=CCC(c3ccccc3)[N+]1(C)CC2. The number of likely N-dealkylation sites (N-methyl/N-ethyl adjacent to an activating group) is 1. The number of nitrogens with zero attached hydrogens (tertiary/aromatic N) is 1. The maximum atomic E-state index is 5.54. The number of quaternary nitrogens is 1. The Kier molecular flexibility index (Phi) is 3.61. The Morgan fingerprint density at radius 3 is 2.42 bits per heavy atom. The van der Waals surface area contributed by atoms with Gasteiger partial charge in [0, 0.05) is 24.0 Å². The third kappa shape index (κ3) is 2.15. The van der Waals surface area contributed by atoms with E-state index in [9.17, 15) is 0 Å². The number of benzene rings is 2. The summed E-state index contributed by atoms with van der Waals surface area (Å²) in [5, 5.41) is 0. The van der Waals surface area contributed by atoms with Gasteiger partial charge in [-0.2, -0.15) is 0 Å². The van der Waals surface area contributed by atoms with Gasteiger partial charge in [0.25, 0.3) is 0 Å². The molecule has 0 radical (unpaired) electrons. The zero-order valence-electron chi connectivity index (χ0n) is 14.6. The van der Waals surface area contributed by atoms with Crippen LogP contribution in [0.15, 0.2) is 48.5 Å². The smallest absolute Gasteiger partial charge is 0.161 e. The molecule has 2 aliphatic rings. The van der Waals surface area contributed by atoms with Crippen LogP contribution in [0.5, 0.6) is 11.5 Å². The van der Waals surface area contributed by atoms with Crippen molar-refractivity contribution in [2.24, 2.45) is 0 Å². The molecule has 0 aliphatic carbocycles. The van der Waals surface area contributed by atoms with Crippen molar-refractivity contribution in [3.05, 3.63) is 65.2 Å². The van der Waals surface area contributed by atoms with Crippen LogP contribution in [0.3, 0.4) is 0 Å². The molecule has 4 rings (SSSR count). The number of ether oxygens (including phenoxy) is 2. The van der Waals surface area contributed by atoms with Crippen molar-refractivity contribution >= 4 is 5.70 Å². The summed E-state index contributed by atoms with van der Waals surface area (Å²) in [6, 6.07) is 15.7. The van der Waals surface area contributed by atoms with E-state index in [4.69, 9.17) is 9.47 Å². The normalized spacial score (nSPS) is 24.8. The predicted molar refractivity (Wildman–Crippen MR) is 96.1 cm³/mol. The highest BCUT2D eigenvalue weighted by Crippen LogP contribution is 2.50. The number of hydrogen-bond acceptors (Lipinski definition) is 2. The minimum atomic E-state index is 0.502. The van der Waals surface area contributed by atoms with Crippen LogP contribution in [0.25, 0.3) is 5.70 Å². The molecule has 0 bridgehead atoms. The second-order valence-corrected chi connectivity index (χ2v) is 6.86. The van der Waals surface area contributed by atoms with Crippen LogP contribution >= 0.6 is 0 Å². The van der Waals surface area contributed by atoms with E-state index in [2.05, 4.69) is 55.6 Å². The van der Waals surface area contributed by atoms with Crippen molar-refractivity contribution in [2.75, 3.05) is 27.8 Å². The Morgan fingerprint density at radius 2 is 1.71 bits per heavy atom. The van der Waals surface area contributed by atoms with Gasteiger partial charge in [0.05, 0.1) is 27.8 Å². The third-order valence-corrected chi connectivity index (χ3v) is 5.69. The standard InChI is InChI=1S/C21H24NO2/c1-22-12-11-16-13-20(23-2)21(24-3)14-17(16)19(22)10-9-18(22)15-7-5-4-6-8-15/h4-8,10,13-14,18H,9,11-12H2,1-3H3/q+1. The Balaban J connectivity index is 1.78. The summed E-state index contributed by atoms with van der Waals surface area (Å²) in [7, 11) is 5.78. The summed E-state index contributed by atoms with van der Waals surface area (Å²) in [6.45, 7) is 1.12. The Hall–Kier alpha value is -2.26. The Bertz CT molecular complexity index is 797. The number of rotatable bonds is 3. The molecule has 124 valence electrons. The fourth-order valence-electron chi connectivity index (χ4n) is 4.35. The fraction of sp³-hybridized carbons (Fsp3) is 0.333. The van der Waals surface area contributed by atoms with Gasteiger partial charge in [-0.3, -0.25) is 4.48 Å². The number of methoxy groups -OCH3 is 2. The highest BCUT2D eigenvalue weighted by atomic mass is 16.5. The largest absolute Gasteiger partial charge is 0.493 e. The van der Waals surface area contributed by atoms with Gasteiger partial charge in [-0.05, 0) is 23.8 Å². The summed E-state index contributed by atoms with van der Waals surface area (Å²) >= 11 is 0. The van der Waals surface area contributed by atoms with Crippen LogP contribution in [-0.4, -0.2) is 32.3 Å². The van der Waals surface area contributed by atoms with E-state index in [1.165, 1.54) is 22.4 Å². The van der Waals surface area contributed by atoms with E-state index < -0.39 is 0 Å². The van der Waals surface area contributed by atoms with Crippen molar-refractivity contribution in [3.8, 4) is 11.5 Å². The monoisotopic (exact) mass is 322 g/mol. The first-order valence-corrected chi connectivity index (χ1v) is 8.53. The molecule has 2 aromatic rings. The van der Waals surface area contributed by atoms with E-state index >= 15 is 0 Å². The van der Waals surface area contributed by atoms with Crippen molar-refractivity contribution in [3.63, 3.8) is 0 Å². The molecule has 0 fully saturated rings. The molecular weight excluding hydrogens is 298 g/mol. The van der Waals surface area contributed by atoms with Gasteiger partial charge in [-0.25, -0.2) is 0 Å². The van der Waals surface area contributed by atoms with Gasteiger partial charge in [0.1, 0.15) is 11.7 Å². The average molecular weight is 322 g/mol. The summed E-state index contributed by atoms with van der Waals surface area (Å²) in [4.78, 5) is 0. The lowest BCUT2D eigenvalue weighted by Gasteiger charge is -2.42. The minimum absolute atomic E-state index is 0.502. The van der Waals surface area contributed by atoms with Gasteiger partial charge in [-0.1, -0.05) is 30.3 Å². The van der Waals surface area contributed by atoms with Crippen molar-refractivity contribution in [1.29, 1.82) is 0 Å². The van der Waals surface area contributed by atoms with E-state index in [1.807, 2.05) is 0 Å². The molecule has 0 saturated carbocycles. The lowest BCUT2D eigenvalue weighted by atomic mass is 9.93. The van der Waals surface area contributed by atoms with Gasteiger partial charge < -0.3 is 9.47 Å². The van der Waals surface area contributed by atoms with Crippen molar-refractivity contribution in [1.82, 2.24) is 0 Å². The molecule has 3 nitrogen and oxygen atoms in total. The van der Waals surface area contributed by atoms with Gasteiger partial charge >= 0.3 is 0 Å². The lowest BCUT2D eigenvalue weighted by Crippen LogP contribution is -2.46. The molecule has 0 aromatic heterocycles. The first kappa shape index (κ1) is 15.3. The molecule has 2 unspecified atom stereocenters. The molecule has 24 heavy (non-hydrogen) atoms. The van der Waals surface area contributed by atoms with Crippen molar-refractivity contribution < 1.29 is 14.0 Å². The van der Waals surface area contributed by atoms with E-state index in [0.717, 1.165) is 35.4 Å². The molecule has 2 atom stereocenters. The lowest BCUT2D eigenvalue weighted by molar-refractivity contribution is -0.867. The summed E-state index contributed by atoms with van der Waals surface area (Å²) in [5.74, 6) is 1.64. The van der Waals surface area contributed by atoms with Gasteiger partial charge in [0.15, 0.2) is 11.5 Å². The first-order valence-electron chi connectivity index (χ1n) is 8.53. The summed E-state index contributed by atoms with van der Waals surface area (Å²) < 4.78 is 12.0. The summed E-state index contributed by atoms with van der Waals surface area (Å²) in [6.07, 6.45) is 4.57. The molecule has 0 spiro atoms.